The Morgan fingerprint density at radius 3 is 2.64 bits per heavy atom. The van der Waals surface area contributed by atoms with Gasteiger partial charge in [0.25, 0.3) is 0 Å². The van der Waals surface area contributed by atoms with Crippen LogP contribution in [0.1, 0.15) is 52.4 Å². The van der Waals surface area contributed by atoms with Gasteiger partial charge in [0.1, 0.15) is 5.78 Å². The molecule has 1 nitrogen and oxygen atoms in total. The summed E-state index contributed by atoms with van der Waals surface area (Å²) in [5, 5.41) is 0. The third kappa shape index (κ3) is 2.02. The predicted octanol–water partition coefficient (Wildman–Crippen LogP) is 3.43. The van der Waals surface area contributed by atoms with Crippen LogP contribution in [0.2, 0.25) is 0 Å². The first kappa shape index (κ1) is 10.2. The lowest BCUT2D eigenvalue weighted by molar-refractivity contribution is -0.118. The van der Waals surface area contributed by atoms with Gasteiger partial charge in [-0.2, -0.15) is 0 Å². The Labute approximate surface area is 87.3 Å². The number of Topliss-reactive ketones (excluding diaryl/α,β-unsaturated/α-hetero) is 1. The van der Waals surface area contributed by atoms with E-state index in [9.17, 15) is 4.79 Å². The first-order chi connectivity index (χ1) is 6.72. The molecule has 4 atom stereocenters. The van der Waals surface area contributed by atoms with Gasteiger partial charge in [-0.3, -0.25) is 4.79 Å². The fourth-order valence-electron chi connectivity index (χ4n) is 3.30. The van der Waals surface area contributed by atoms with Gasteiger partial charge in [0.15, 0.2) is 0 Å². The van der Waals surface area contributed by atoms with Crippen molar-refractivity contribution in [2.75, 3.05) is 0 Å². The molecule has 0 spiro atoms. The van der Waals surface area contributed by atoms with E-state index in [1.54, 1.807) is 6.92 Å². The number of carbonyl (C=O) groups excluding carboxylic acids is 1. The van der Waals surface area contributed by atoms with Gasteiger partial charge in [-0.25, -0.2) is 0 Å². The molecule has 0 radical (unpaired) electrons. The summed E-state index contributed by atoms with van der Waals surface area (Å²) in [7, 11) is 0. The molecule has 2 fully saturated rings. The molecule has 0 saturated heterocycles. The van der Waals surface area contributed by atoms with E-state index in [1.165, 1.54) is 38.5 Å². The number of rotatable bonds is 3. The van der Waals surface area contributed by atoms with Gasteiger partial charge in [-0.05, 0) is 37.5 Å². The summed E-state index contributed by atoms with van der Waals surface area (Å²) in [5.41, 5.74) is 0. The highest BCUT2D eigenvalue weighted by Crippen LogP contribution is 2.50. The maximum Gasteiger partial charge on any atom is 0.133 e. The molecular weight excluding hydrogens is 172 g/mol. The zero-order chi connectivity index (χ0) is 10.1. The van der Waals surface area contributed by atoms with Crippen LogP contribution in [0, 0.1) is 23.7 Å². The van der Waals surface area contributed by atoms with Crippen molar-refractivity contribution in [1.29, 1.82) is 0 Å². The first-order valence-corrected chi connectivity index (χ1v) is 6.22. The van der Waals surface area contributed by atoms with Gasteiger partial charge >= 0.3 is 0 Å². The lowest BCUT2D eigenvalue weighted by Gasteiger charge is -2.28. The van der Waals surface area contributed by atoms with Crippen molar-refractivity contribution in [3.8, 4) is 0 Å². The van der Waals surface area contributed by atoms with E-state index in [0.29, 0.717) is 11.7 Å². The molecule has 0 N–H and O–H groups in total. The fourth-order valence-corrected chi connectivity index (χ4v) is 3.30. The normalized spacial score (nSPS) is 42.1. The number of carbonyl (C=O) groups is 1. The highest BCUT2D eigenvalue weighted by Gasteiger charge is 2.46. The molecule has 2 saturated carbocycles. The Morgan fingerprint density at radius 2 is 2.07 bits per heavy atom. The topological polar surface area (TPSA) is 17.1 Å². The Hall–Kier alpha value is -0.330. The summed E-state index contributed by atoms with van der Waals surface area (Å²) in [6.07, 6.45) is 8.19. The molecule has 0 aromatic heterocycles. The average Bonchev–Trinajstić information content (AvgIpc) is 2.97. The van der Waals surface area contributed by atoms with Crippen LogP contribution < -0.4 is 0 Å². The highest BCUT2D eigenvalue weighted by molar-refractivity contribution is 5.81. The second kappa shape index (κ2) is 4.04. The zero-order valence-electron chi connectivity index (χ0n) is 9.46. The molecule has 14 heavy (non-hydrogen) atoms. The zero-order valence-corrected chi connectivity index (χ0v) is 9.46. The Balaban J connectivity index is 1.84. The van der Waals surface area contributed by atoms with Crippen LogP contribution in [-0.2, 0) is 4.79 Å². The number of ketones is 1. The summed E-state index contributed by atoms with van der Waals surface area (Å²) < 4.78 is 0. The predicted molar refractivity (Wildman–Crippen MR) is 58.0 cm³/mol. The maximum absolute atomic E-state index is 11.2. The van der Waals surface area contributed by atoms with Crippen LogP contribution in [0.3, 0.4) is 0 Å². The Bertz CT molecular complexity index is 221. The van der Waals surface area contributed by atoms with Gasteiger partial charge < -0.3 is 0 Å². The van der Waals surface area contributed by atoms with Crippen LogP contribution in [0.15, 0.2) is 0 Å². The molecule has 2 aliphatic rings. The standard InChI is InChI=1S/C13H22O/c1-3-10-5-4-6-11(7-10)13-8-12(13)9(2)14/h10-13H,3-8H2,1-2H3. The van der Waals surface area contributed by atoms with Crippen molar-refractivity contribution in [2.24, 2.45) is 23.7 Å². The third-order valence-electron chi connectivity index (χ3n) is 4.37. The van der Waals surface area contributed by atoms with Gasteiger partial charge in [0.05, 0.1) is 0 Å². The first-order valence-electron chi connectivity index (χ1n) is 6.22. The van der Waals surface area contributed by atoms with Crippen LogP contribution in [-0.4, -0.2) is 5.78 Å². The van der Waals surface area contributed by atoms with Crippen molar-refractivity contribution in [3.63, 3.8) is 0 Å². The fraction of sp³-hybridized carbons (Fsp3) is 0.923. The van der Waals surface area contributed by atoms with Crippen molar-refractivity contribution in [1.82, 2.24) is 0 Å². The van der Waals surface area contributed by atoms with E-state index in [0.717, 1.165) is 17.8 Å². The molecule has 0 amide bonds. The van der Waals surface area contributed by atoms with E-state index in [2.05, 4.69) is 6.92 Å². The molecular formula is C13H22O. The van der Waals surface area contributed by atoms with E-state index in [1.807, 2.05) is 0 Å². The summed E-state index contributed by atoms with van der Waals surface area (Å²) in [6, 6.07) is 0. The molecule has 0 aromatic carbocycles. The molecule has 2 aliphatic carbocycles. The summed E-state index contributed by atoms with van der Waals surface area (Å²) >= 11 is 0. The minimum atomic E-state index is 0.439. The van der Waals surface area contributed by atoms with Gasteiger partial charge in [0.2, 0.25) is 0 Å². The largest absolute Gasteiger partial charge is 0.300 e. The molecule has 0 heterocycles. The quantitative estimate of drug-likeness (QED) is 0.672. The maximum atomic E-state index is 11.2. The van der Waals surface area contributed by atoms with Gasteiger partial charge in [-0.15, -0.1) is 0 Å². The summed E-state index contributed by atoms with van der Waals surface area (Å²) in [6.45, 7) is 4.08. The molecule has 0 bridgehead atoms. The minimum Gasteiger partial charge on any atom is -0.300 e. The number of hydrogen-bond acceptors (Lipinski definition) is 1. The smallest absolute Gasteiger partial charge is 0.133 e. The van der Waals surface area contributed by atoms with Crippen LogP contribution >= 0.6 is 0 Å². The van der Waals surface area contributed by atoms with E-state index < -0.39 is 0 Å². The summed E-state index contributed by atoms with van der Waals surface area (Å²) in [4.78, 5) is 11.2. The van der Waals surface area contributed by atoms with Crippen LogP contribution in [0.4, 0.5) is 0 Å². The Morgan fingerprint density at radius 1 is 1.29 bits per heavy atom. The third-order valence-corrected chi connectivity index (χ3v) is 4.37. The monoisotopic (exact) mass is 194 g/mol. The van der Waals surface area contributed by atoms with Crippen molar-refractivity contribution in [3.05, 3.63) is 0 Å². The van der Waals surface area contributed by atoms with Crippen molar-refractivity contribution >= 4 is 5.78 Å². The second-order valence-corrected chi connectivity index (χ2v) is 5.32. The average molecular weight is 194 g/mol. The Kier molecular flexibility index (Phi) is 2.94. The second-order valence-electron chi connectivity index (χ2n) is 5.32. The lowest BCUT2D eigenvalue weighted by Crippen LogP contribution is -2.18. The highest BCUT2D eigenvalue weighted by atomic mass is 16.1. The van der Waals surface area contributed by atoms with E-state index in [-0.39, 0.29) is 0 Å². The van der Waals surface area contributed by atoms with Gasteiger partial charge in [-0.1, -0.05) is 32.6 Å². The molecule has 0 aliphatic heterocycles. The molecule has 80 valence electrons. The van der Waals surface area contributed by atoms with Crippen LogP contribution in [0.25, 0.3) is 0 Å². The van der Waals surface area contributed by atoms with Crippen molar-refractivity contribution in [2.45, 2.75) is 52.4 Å². The molecule has 4 unspecified atom stereocenters. The van der Waals surface area contributed by atoms with Crippen molar-refractivity contribution < 1.29 is 4.79 Å². The van der Waals surface area contributed by atoms with Gasteiger partial charge in [0, 0.05) is 5.92 Å². The van der Waals surface area contributed by atoms with E-state index >= 15 is 0 Å². The molecule has 2 rings (SSSR count). The van der Waals surface area contributed by atoms with E-state index in [4.69, 9.17) is 0 Å². The molecule has 0 aromatic rings. The molecule has 1 heteroatoms. The number of hydrogen-bond donors (Lipinski definition) is 0. The summed E-state index contributed by atoms with van der Waals surface area (Å²) in [5.74, 6) is 3.52. The minimum absolute atomic E-state index is 0.439. The lowest BCUT2D eigenvalue weighted by atomic mass is 9.77. The SMILES string of the molecule is CCC1CCCC(C2CC2C(C)=O)C1. The van der Waals surface area contributed by atoms with Crippen LogP contribution in [0.5, 0.6) is 0 Å².